The lowest BCUT2D eigenvalue weighted by Gasteiger charge is -2.40. The Balaban J connectivity index is 0.779. The van der Waals surface area contributed by atoms with Gasteiger partial charge in [-0.25, -0.2) is 8.78 Å². The van der Waals surface area contributed by atoms with Crippen molar-refractivity contribution in [1.82, 2.24) is 19.7 Å². The predicted molar refractivity (Wildman–Crippen MR) is 248 cm³/mol. The molecule has 4 aliphatic rings. The molecule has 2 saturated heterocycles. The number of hydrogen-bond donors (Lipinski definition) is 1. The zero-order valence-electron chi connectivity index (χ0n) is 36.7. The second-order valence-electron chi connectivity index (χ2n) is 17.9. The highest BCUT2D eigenvalue weighted by Gasteiger charge is 2.36. The molecule has 3 aliphatic heterocycles. The van der Waals surface area contributed by atoms with Crippen LogP contribution >= 0.6 is 11.3 Å². The minimum Gasteiger partial charge on any atom is -0.508 e. The highest BCUT2D eigenvalue weighted by Crippen LogP contribution is 2.50. The molecule has 0 radical (unpaired) electrons. The van der Waals surface area contributed by atoms with Gasteiger partial charge in [-0.15, -0.1) is 21.5 Å². The molecular formula is C51H55F2N7O2S. The number of aryl methyl sites for hydroxylation is 3. The maximum Gasteiger partial charge on any atom is 0.162 e. The number of thiophene rings is 1. The van der Waals surface area contributed by atoms with Crippen LogP contribution in [0.1, 0.15) is 99.5 Å². The zero-order valence-corrected chi connectivity index (χ0v) is 37.6. The van der Waals surface area contributed by atoms with Crippen LogP contribution in [0.2, 0.25) is 0 Å². The van der Waals surface area contributed by atoms with Gasteiger partial charge in [0, 0.05) is 85.1 Å². The van der Waals surface area contributed by atoms with Gasteiger partial charge in [-0.2, -0.15) is 0 Å². The van der Waals surface area contributed by atoms with E-state index in [2.05, 4.69) is 74.5 Å². The van der Waals surface area contributed by atoms with Crippen LogP contribution < -0.4 is 14.5 Å². The summed E-state index contributed by atoms with van der Waals surface area (Å²) < 4.78 is 38.7. The number of phenolic OH excluding ortho intramolecular Hbond substituents is 1. The molecule has 0 bridgehead atoms. The van der Waals surface area contributed by atoms with E-state index in [0.29, 0.717) is 17.4 Å². The fourth-order valence-corrected chi connectivity index (χ4v) is 11.9. The second kappa shape index (κ2) is 16.8. The van der Waals surface area contributed by atoms with Gasteiger partial charge in [-0.05, 0) is 130 Å². The molecule has 12 heteroatoms. The van der Waals surface area contributed by atoms with E-state index in [4.69, 9.17) is 9.73 Å². The Morgan fingerprint density at radius 1 is 0.810 bits per heavy atom. The number of methoxy groups -OCH3 is 1. The van der Waals surface area contributed by atoms with Gasteiger partial charge in [0.25, 0.3) is 0 Å². The number of aromatic hydroxyl groups is 1. The Kier molecular flexibility index (Phi) is 11.1. The Hall–Kier alpha value is -5.59. The van der Waals surface area contributed by atoms with Crippen LogP contribution in [0.15, 0.2) is 83.9 Å². The third-order valence-electron chi connectivity index (χ3n) is 14.2. The maximum absolute atomic E-state index is 16.4. The first-order valence-electron chi connectivity index (χ1n) is 22.4. The van der Waals surface area contributed by atoms with Crippen LogP contribution in [0.25, 0.3) is 5.00 Å². The van der Waals surface area contributed by atoms with Gasteiger partial charge in [-0.1, -0.05) is 30.3 Å². The first kappa shape index (κ1) is 41.4. The summed E-state index contributed by atoms with van der Waals surface area (Å²) in [7, 11) is 1.65. The molecule has 0 amide bonds. The van der Waals surface area contributed by atoms with Crippen molar-refractivity contribution < 1.29 is 18.6 Å². The third kappa shape index (κ3) is 7.69. The number of rotatable bonds is 8. The minimum atomic E-state index is -0.282. The smallest absolute Gasteiger partial charge is 0.162 e. The Morgan fingerprint density at radius 3 is 2.29 bits per heavy atom. The van der Waals surface area contributed by atoms with E-state index in [0.717, 1.165) is 122 Å². The number of benzene rings is 4. The quantitative estimate of drug-likeness (QED) is 0.163. The van der Waals surface area contributed by atoms with E-state index < -0.39 is 0 Å². The topological polar surface area (TPSA) is 82.2 Å². The monoisotopic (exact) mass is 867 g/mol. The van der Waals surface area contributed by atoms with Gasteiger partial charge >= 0.3 is 0 Å². The first-order chi connectivity index (χ1) is 30.5. The van der Waals surface area contributed by atoms with Gasteiger partial charge < -0.3 is 19.6 Å². The Morgan fingerprint density at radius 2 is 1.56 bits per heavy atom. The third-order valence-corrected chi connectivity index (χ3v) is 15.4. The van der Waals surface area contributed by atoms with E-state index >= 15 is 4.39 Å². The van der Waals surface area contributed by atoms with Crippen molar-refractivity contribution >= 4 is 28.4 Å². The number of piperidine rings is 1. The van der Waals surface area contributed by atoms with Crippen LogP contribution in [-0.4, -0.2) is 83.4 Å². The molecule has 9 nitrogen and oxygen atoms in total. The second-order valence-corrected chi connectivity index (χ2v) is 19.1. The number of phenols is 1. The largest absolute Gasteiger partial charge is 0.508 e. The van der Waals surface area contributed by atoms with Gasteiger partial charge in [0.2, 0.25) is 0 Å². The summed E-state index contributed by atoms with van der Waals surface area (Å²) in [5, 5.41) is 20.4. The van der Waals surface area contributed by atoms with Crippen LogP contribution in [0, 0.1) is 38.3 Å². The fraction of sp³-hybridized carbons (Fsp3) is 0.392. The summed E-state index contributed by atoms with van der Waals surface area (Å²) in [6.45, 7) is 14.8. The highest BCUT2D eigenvalue weighted by atomic mass is 32.1. The Bertz CT molecular complexity index is 2680. The van der Waals surface area contributed by atoms with E-state index in [1.54, 1.807) is 30.6 Å². The van der Waals surface area contributed by atoms with Gasteiger partial charge in [0.1, 0.15) is 40.0 Å². The molecule has 0 unspecified atom stereocenters. The molecular weight excluding hydrogens is 813 g/mol. The number of nitrogens with zero attached hydrogens (tertiary/aromatic N) is 7. The number of hydrogen-bond acceptors (Lipinski definition) is 9. The van der Waals surface area contributed by atoms with Crippen molar-refractivity contribution in [2.75, 3.05) is 62.7 Å². The number of anilines is 2. The lowest BCUT2D eigenvalue weighted by molar-refractivity contribution is 0.201. The summed E-state index contributed by atoms with van der Waals surface area (Å²) >= 11 is 1.79. The van der Waals surface area contributed by atoms with Crippen molar-refractivity contribution in [2.24, 2.45) is 10.9 Å². The molecule has 63 heavy (non-hydrogen) atoms. The average molecular weight is 868 g/mol. The summed E-state index contributed by atoms with van der Waals surface area (Å²) in [5.41, 5.74) is 10.3. The molecule has 326 valence electrons. The van der Waals surface area contributed by atoms with E-state index in [-0.39, 0.29) is 35.3 Å². The van der Waals surface area contributed by atoms with Crippen molar-refractivity contribution in [3.05, 3.63) is 146 Å². The minimum absolute atomic E-state index is 0.00638. The van der Waals surface area contributed by atoms with Crippen molar-refractivity contribution in [2.45, 2.75) is 71.3 Å². The molecule has 5 heterocycles. The molecule has 6 aromatic rings. The molecule has 3 atom stereocenters. The molecule has 0 saturated carbocycles. The number of ether oxygens (including phenoxy) is 1. The molecule has 1 N–H and O–H groups in total. The molecule has 2 aromatic heterocycles. The van der Waals surface area contributed by atoms with E-state index in [9.17, 15) is 9.50 Å². The summed E-state index contributed by atoms with van der Waals surface area (Å²) in [5.74, 6) is 2.48. The highest BCUT2D eigenvalue weighted by molar-refractivity contribution is 7.15. The van der Waals surface area contributed by atoms with Crippen LogP contribution in [-0.2, 0) is 6.42 Å². The molecule has 1 aliphatic carbocycles. The van der Waals surface area contributed by atoms with E-state index in [1.807, 2.05) is 37.3 Å². The predicted octanol–water partition coefficient (Wildman–Crippen LogP) is 10.1. The van der Waals surface area contributed by atoms with Crippen molar-refractivity contribution in [3.63, 3.8) is 0 Å². The van der Waals surface area contributed by atoms with E-state index in [1.165, 1.54) is 33.8 Å². The Labute approximate surface area is 372 Å². The molecule has 0 spiro atoms. The number of aliphatic imine (C=N–C) groups is 1. The zero-order chi connectivity index (χ0) is 43.5. The van der Waals surface area contributed by atoms with Crippen molar-refractivity contribution in [3.8, 4) is 16.5 Å². The standard InChI is InChI=1S/C51H55F2N7O2S/c1-30-32(3)63-51-47(30)49(54-31(2)50-56-55-33(4)60(50)51)36-8-13-39(14-9-36)58-20-18-34(19-21-58)29-57-22-24-59(25-23-57)45-28-46(62-5)43(27-44(45)53)48-41(35-6-11-38(52)12-7-35)16-10-37-26-40(61)15-17-42(37)48/h6-9,11-15,17,26-28,31,34,41,48,61H,10,16,18-25,29H2,1-5H3/t31-,41-,48+/m0/s1. The maximum atomic E-state index is 16.4. The van der Waals surface area contributed by atoms with Gasteiger partial charge in [0.05, 0.1) is 18.5 Å². The number of piperazine rings is 1. The molecule has 10 rings (SSSR count). The van der Waals surface area contributed by atoms with Crippen molar-refractivity contribution in [1.29, 1.82) is 0 Å². The normalized spacial score (nSPS) is 20.5. The SMILES string of the molecule is COc1cc(N2CCN(CC3CCN(c4ccc(C5=N[C@@H](C)c6nnc(C)n6-c6sc(C)c(C)c65)cc4)CC3)CC2)c(F)cc1[C@H]1c2ccc(O)cc2CC[C@H]1c1ccc(F)cc1. The summed E-state index contributed by atoms with van der Waals surface area (Å²) in [6.07, 6.45) is 3.83. The van der Waals surface area contributed by atoms with Crippen LogP contribution in [0.5, 0.6) is 11.5 Å². The molecule has 2 fully saturated rings. The fourth-order valence-electron chi connectivity index (χ4n) is 10.7. The lowest BCUT2D eigenvalue weighted by atomic mass is 9.69. The van der Waals surface area contributed by atoms with Crippen LogP contribution in [0.4, 0.5) is 20.2 Å². The number of aromatic nitrogens is 3. The lowest BCUT2D eigenvalue weighted by Crippen LogP contribution is -2.49. The van der Waals surface area contributed by atoms with Crippen LogP contribution in [0.3, 0.4) is 0 Å². The van der Waals surface area contributed by atoms with Gasteiger partial charge in [-0.3, -0.25) is 14.5 Å². The number of fused-ring (bicyclic) bond motifs is 4. The van der Waals surface area contributed by atoms with Gasteiger partial charge in [0.15, 0.2) is 5.82 Å². The number of halogens is 2. The summed E-state index contributed by atoms with van der Waals surface area (Å²) in [6, 6.07) is 24.5. The summed E-state index contributed by atoms with van der Waals surface area (Å²) in [4.78, 5) is 13.8. The first-order valence-corrected chi connectivity index (χ1v) is 23.2. The molecule has 4 aromatic carbocycles. The average Bonchev–Trinajstić information content (AvgIpc) is 3.79.